The van der Waals surface area contributed by atoms with Crippen LogP contribution in [0.3, 0.4) is 0 Å². The monoisotopic (exact) mass is 379 g/mol. The number of methoxy groups -OCH3 is 1. The third-order valence-electron chi connectivity index (χ3n) is 4.15. The molecule has 11 nitrogen and oxygen atoms in total. The van der Waals surface area contributed by atoms with Crippen LogP contribution in [-0.4, -0.2) is 47.3 Å². The average Bonchev–Trinajstić information content (AvgIpc) is 3.26. The first-order valence-electron chi connectivity index (χ1n) is 8.25. The van der Waals surface area contributed by atoms with Gasteiger partial charge in [-0.1, -0.05) is 0 Å². The van der Waals surface area contributed by atoms with E-state index in [0.29, 0.717) is 22.5 Å². The number of hydrogen-bond acceptors (Lipinski definition) is 8. The fourth-order valence-electron chi connectivity index (χ4n) is 2.84. The van der Waals surface area contributed by atoms with Crippen molar-refractivity contribution in [2.75, 3.05) is 12.4 Å². The first-order chi connectivity index (χ1) is 13.5. The predicted molar refractivity (Wildman–Crippen MR) is 101 cm³/mol. The number of hydrogen-bond donors (Lipinski definition) is 2. The molecule has 0 fully saturated rings. The van der Waals surface area contributed by atoms with Crippen LogP contribution in [0.15, 0.2) is 31.1 Å². The Balaban J connectivity index is 1.90. The molecule has 4 heterocycles. The molecule has 4 aromatic rings. The number of carbonyl (C=O) groups excluding carboxylic acids is 1. The summed E-state index contributed by atoms with van der Waals surface area (Å²) in [5.41, 5.74) is 8.51. The van der Waals surface area contributed by atoms with Crippen molar-refractivity contribution in [1.82, 2.24) is 34.3 Å². The number of carbonyl (C=O) groups is 1. The Labute approximate surface area is 159 Å². The van der Waals surface area contributed by atoms with Crippen molar-refractivity contribution in [3.63, 3.8) is 0 Å². The topological polar surface area (TPSA) is 139 Å². The van der Waals surface area contributed by atoms with Crippen LogP contribution in [0, 0.1) is 0 Å². The van der Waals surface area contributed by atoms with E-state index in [9.17, 15) is 4.79 Å². The van der Waals surface area contributed by atoms with Gasteiger partial charge in [-0.2, -0.15) is 10.1 Å². The summed E-state index contributed by atoms with van der Waals surface area (Å²) in [6.45, 7) is 0. The van der Waals surface area contributed by atoms with Crippen LogP contribution in [-0.2, 0) is 14.1 Å². The second-order valence-corrected chi connectivity index (χ2v) is 6.08. The van der Waals surface area contributed by atoms with Crippen molar-refractivity contribution in [1.29, 1.82) is 0 Å². The summed E-state index contributed by atoms with van der Waals surface area (Å²) in [5, 5.41) is 7.07. The van der Waals surface area contributed by atoms with Gasteiger partial charge in [-0.25, -0.2) is 9.97 Å². The highest BCUT2D eigenvalue weighted by atomic mass is 16.5. The maximum absolute atomic E-state index is 12.1. The van der Waals surface area contributed by atoms with Crippen LogP contribution in [0.25, 0.3) is 22.3 Å². The lowest BCUT2D eigenvalue weighted by Gasteiger charge is -2.13. The number of fused-ring (bicyclic) bond motifs is 1. The van der Waals surface area contributed by atoms with E-state index < -0.39 is 5.91 Å². The Kier molecular flexibility index (Phi) is 4.11. The number of pyridine rings is 1. The lowest BCUT2D eigenvalue weighted by Crippen LogP contribution is -2.17. The molecule has 142 valence electrons. The molecule has 4 aromatic heterocycles. The highest BCUT2D eigenvalue weighted by Crippen LogP contribution is 2.33. The quantitative estimate of drug-likeness (QED) is 0.524. The summed E-state index contributed by atoms with van der Waals surface area (Å²) >= 11 is 0. The molecule has 0 aliphatic heterocycles. The van der Waals surface area contributed by atoms with Crippen LogP contribution < -0.4 is 15.8 Å². The summed E-state index contributed by atoms with van der Waals surface area (Å²) in [6.07, 6.45) is 8.28. The van der Waals surface area contributed by atoms with Crippen molar-refractivity contribution in [3.8, 4) is 17.1 Å². The Morgan fingerprint density at radius 2 is 2.04 bits per heavy atom. The number of imidazole rings is 1. The third-order valence-corrected chi connectivity index (χ3v) is 4.15. The number of ether oxygens (including phenoxy) is 1. The summed E-state index contributed by atoms with van der Waals surface area (Å²) < 4.78 is 8.87. The number of nitrogens with zero attached hydrogens (tertiary/aromatic N) is 7. The molecule has 0 saturated carbocycles. The SMILES string of the molecule is COc1nc(Nc2cnn(C)c2)c(C(N)=O)nc1-c1cncc2c1ncn2C. The number of aryl methyl sites for hydroxylation is 2. The van der Waals surface area contributed by atoms with Gasteiger partial charge in [0.15, 0.2) is 11.5 Å². The van der Waals surface area contributed by atoms with Gasteiger partial charge in [0.05, 0.1) is 42.6 Å². The highest BCUT2D eigenvalue weighted by molar-refractivity contribution is 5.98. The van der Waals surface area contributed by atoms with Crippen molar-refractivity contribution in [2.45, 2.75) is 0 Å². The number of anilines is 2. The fourth-order valence-corrected chi connectivity index (χ4v) is 2.84. The van der Waals surface area contributed by atoms with E-state index in [4.69, 9.17) is 10.5 Å². The zero-order chi connectivity index (χ0) is 19.8. The van der Waals surface area contributed by atoms with E-state index in [0.717, 1.165) is 5.52 Å². The van der Waals surface area contributed by atoms with E-state index in [1.807, 2.05) is 11.6 Å². The molecule has 3 N–H and O–H groups in total. The minimum absolute atomic E-state index is 0.0346. The number of primary amides is 1. The Hall–Kier alpha value is -4.02. The summed E-state index contributed by atoms with van der Waals surface area (Å²) in [4.78, 5) is 29.5. The molecule has 0 radical (unpaired) electrons. The van der Waals surface area contributed by atoms with Gasteiger partial charge in [0.2, 0.25) is 5.88 Å². The third kappa shape index (κ3) is 2.88. The van der Waals surface area contributed by atoms with Gasteiger partial charge < -0.3 is 20.4 Å². The van der Waals surface area contributed by atoms with E-state index in [1.54, 1.807) is 42.8 Å². The van der Waals surface area contributed by atoms with Gasteiger partial charge in [0.25, 0.3) is 5.91 Å². The van der Waals surface area contributed by atoms with E-state index in [2.05, 4.69) is 30.4 Å². The first-order valence-corrected chi connectivity index (χ1v) is 8.25. The smallest absolute Gasteiger partial charge is 0.271 e. The maximum atomic E-state index is 12.1. The number of amides is 1. The van der Waals surface area contributed by atoms with Crippen molar-refractivity contribution < 1.29 is 9.53 Å². The lowest BCUT2D eigenvalue weighted by atomic mass is 10.1. The molecule has 0 bridgehead atoms. The number of rotatable bonds is 5. The van der Waals surface area contributed by atoms with Crippen molar-refractivity contribution in [3.05, 3.63) is 36.8 Å². The largest absolute Gasteiger partial charge is 0.479 e. The predicted octanol–water partition coefficient (Wildman–Crippen LogP) is 1.01. The van der Waals surface area contributed by atoms with Gasteiger partial charge in [-0.05, 0) is 0 Å². The molecule has 0 aromatic carbocycles. The van der Waals surface area contributed by atoms with Gasteiger partial charge in [-0.3, -0.25) is 14.5 Å². The van der Waals surface area contributed by atoms with Gasteiger partial charge in [0, 0.05) is 26.5 Å². The second kappa shape index (κ2) is 6.61. The first kappa shape index (κ1) is 17.4. The van der Waals surface area contributed by atoms with Crippen LogP contribution >= 0.6 is 0 Å². The van der Waals surface area contributed by atoms with Gasteiger partial charge in [-0.15, -0.1) is 0 Å². The molecule has 28 heavy (non-hydrogen) atoms. The van der Waals surface area contributed by atoms with E-state index in [1.165, 1.54) is 7.11 Å². The summed E-state index contributed by atoms with van der Waals surface area (Å²) in [6, 6.07) is 0. The average molecular weight is 379 g/mol. The van der Waals surface area contributed by atoms with E-state index >= 15 is 0 Å². The second-order valence-electron chi connectivity index (χ2n) is 6.08. The standard InChI is InChI=1S/C17H17N9O2/c1-25-8-20-12-10(5-19-6-11(12)25)13-17(28-3)24-16(14(23-13)15(18)27)22-9-4-21-26(2)7-9/h4-8H,1-3H3,(H2,18,27)(H,22,24). The zero-order valence-corrected chi connectivity index (χ0v) is 15.4. The van der Waals surface area contributed by atoms with Crippen molar-refractivity contribution >= 4 is 28.4 Å². The minimum atomic E-state index is -0.732. The molecule has 0 aliphatic rings. The summed E-state index contributed by atoms with van der Waals surface area (Å²) in [5.74, 6) is -0.359. The van der Waals surface area contributed by atoms with Crippen molar-refractivity contribution in [2.24, 2.45) is 19.8 Å². The van der Waals surface area contributed by atoms with Crippen LogP contribution in [0.2, 0.25) is 0 Å². The Morgan fingerprint density at radius 3 is 2.71 bits per heavy atom. The molecule has 4 rings (SSSR count). The lowest BCUT2D eigenvalue weighted by molar-refractivity contribution is 0.0996. The number of aromatic nitrogens is 7. The van der Waals surface area contributed by atoms with Crippen LogP contribution in [0.4, 0.5) is 11.5 Å². The molecule has 0 saturated heterocycles. The Morgan fingerprint density at radius 1 is 1.21 bits per heavy atom. The van der Waals surface area contributed by atoms with E-state index in [-0.39, 0.29) is 17.4 Å². The molecule has 0 atom stereocenters. The molecular formula is C17H17N9O2. The number of nitrogens with two attached hydrogens (primary N) is 1. The maximum Gasteiger partial charge on any atom is 0.271 e. The Bertz CT molecular complexity index is 1190. The zero-order valence-electron chi connectivity index (χ0n) is 15.4. The number of nitrogens with one attached hydrogen (secondary N) is 1. The van der Waals surface area contributed by atoms with Crippen LogP contribution in [0.5, 0.6) is 5.88 Å². The van der Waals surface area contributed by atoms with Gasteiger partial charge >= 0.3 is 0 Å². The summed E-state index contributed by atoms with van der Waals surface area (Å²) in [7, 11) is 5.10. The molecule has 0 unspecified atom stereocenters. The highest BCUT2D eigenvalue weighted by Gasteiger charge is 2.22. The fraction of sp³-hybridized carbons (Fsp3) is 0.176. The molecule has 0 spiro atoms. The minimum Gasteiger partial charge on any atom is -0.479 e. The molecular weight excluding hydrogens is 362 g/mol. The van der Waals surface area contributed by atoms with Crippen LogP contribution in [0.1, 0.15) is 10.5 Å². The normalized spacial score (nSPS) is 11.0. The molecule has 11 heteroatoms. The molecule has 1 amide bonds. The van der Waals surface area contributed by atoms with Gasteiger partial charge in [0.1, 0.15) is 11.2 Å². The molecule has 0 aliphatic carbocycles.